The summed E-state index contributed by atoms with van der Waals surface area (Å²) in [7, 11) is 3.16. The molecule has 2 rings (SSSR count). The van der Waals surface area contributed by atoms with Crippen LogP contribution < -0.4 is 20.1 Å². The van der Waals surface area contributed by atoms with Gasteiger partial charge in [0.25, 0.3) is 0 Å². The van der Waals surface area contributed by atoms with Crippen molar-refractivity contribution in [1.82, 2.24) is 10.6 Å². The molecule has 2 aromatic rings. The number of nitrogens with one attached hydrogen (secondary N) is 2. The molecule has 3 N–H and O–H groups in total. The normalized spacial score (nSPS) is 12.0. The lowest BCUT2D eigenvalue weighted by molar-refractivity contribution is 0.186. The summed E-state index contributed by atoms with van der Waals surface area (Å²) in [6.07, 6.45) is 0.0491. The first-order valence-electron chi connectivity index (χ1n) is 9.23. The van der Waals surface area contributed by atoms with E-state index in [-0.39, 0.29) is 30.5 Å². The van der Waals surface area contributed by atoms with E-state index in [4.69, 9.17) is 21.1 Å². The first-order chi connectivity index (χ1) is 13.5. The molecule has 1 unspecified atom stereocenters. The largest absolute Gasteiger partial charge is 0.497 e. The Morgan fingerprint density at radius 1 is 1.10 bits per heavy atom. The van der Waals surface area contributed by atoms with E-state index in [0.29, 0.717) is 29.6 Å². The van der Waals surface area contributed by atoms with E-state index in [1.807, 2.05) is 31.2 Å². The number of guanidine groups is 1. The average molecular weight is 534 g/mol. The summed E-state index contributed by atoms with van der Waals surface area (Å²) in [6, 6.07) is 13.1. The quantitative estimate of drug-likeness (QED) is 0.260. The van der Waals surface area contributed by atoms with E-state index in [1.54, 1.807) is 32.4 Å². The van der Waals surface area contributed by atoms with Gasteiger partial charge in [-0.2, -0.15) is 0 Å². The molecule has 160 valence electrons. The van der Waals surface area contributed by atoms with Crippen molar-refractivity contribution in [2.24, 2.45) is 4.99 Å². The molecule has 0 saturated carbocycles. The Bertz CT molecular complexity index is 767. The number of hydrogen-bond donors (Lipinski definition) is 3. The smallest absolute Gasteiger partial charge is 0.191 e. The van der Waals surface area contributed by atoms with Gasteiger partial charge < -0.3 is 25.2 Å². The predicted molar refractivity (Wildman–Crippen MR) is 129 cm³/mol. The summed E-state index contributed by atoms with van der Waals surface area (Å²) < 4.78 is 10.5. The van der Waals surface area contributed by atoms with Gasteiger partial charge >= 0.3 is 0 Å². The Hall–Kier alpha value is -1.71. The fourth-order valence-corrected chi connectivity index (χ4v) is 2.88. The molecule has 0 aliphatic heterocycles. The van der Waals surface area contributed by atoms with E-state index < -0.39 is 6.10 Å². The highest BCUT2D eigenvalue weighted by Crippen LogP contribution is 2.26. The van der Waals surface area contributed by atoms with Gasteiger partial charge in [0, 0.05) is 24.2 Å². The molecule has 0 spiro atoms. The van der Waals surface area contributed by atoms with Gasteiger partial charge in [-0.15, -0.1) is 24.0 Å². The Kier molecular flexibility index (Phi) is 11.8. The molecule has 0 saturated heterocycles. The Morgan fingerprint density at radius 3 is 2.38 bits per heavy atom. The third-order valence-corrected chi connectivity index (χ3v) is 4.36. The lowest BCUT2D eigenvalue weighted by Gasteiger charge is -2.15. The maximum atomic E-state index is 10.5. The lowest BCUT2D eigenvalue weighted by atomic mass is 10.1. The minimum absolute atomic E-state index is 0. The van der Waals surface area contributed by atoms with E-state index in [0.717, 1.165) is 23.6 Å². The molecule has 29 heavy (non-hydrogen) atoms. The molecular formula is C21H29ClIN3O3. The van der Waals surface area contributed by atoms with Crippen molar-refractivity contribution >= 4 is 41.5 Å². The maximum absolute atomic E-state index is 10.5. The third kappa shape index (κ3) is 8.67. The maximum Gasteiger partial charge on any atom is 0.191 e. The number of benzene rings is 2. The van der Waals surface area contributed by atoms with Crippen molar-refractivity contribution in [1.29, 1.82) is 0 Å². The molecule has 6 nitrogen and oxygen atoms in total. The summed E-state index contributed by atoms with van der Waals surface area (Å²) in [4.78, 5) is 4.49. The standard InChI is InChI=1S/C21H28ClN3O3.HI/c1-4-23-21(24-9-8-15-6-5-7-17(22)10-15)25-14-20(26)16-11-18(27-2)13-19(12-16)28-3;/h5-7,10-13,20,26H,4,8-9,14H2,1-3H3,(H2,23,24,25);1H. The molecule has 0 aromatic heterocycles. The van der Waals surface area contributed by atoms with Gasteiger partial charge in [-0.1, -0.05) is 23.7 Å². The number of aliphatic hydroxyl groups excluding tert-OH is 1. The number of ether oxygens (including phenoxy) is 2. The molecule has 0 fully saturated rings. The van der Waals surface area contributed by atoms with Crippen molar-refractivity contribution in [2.75, 3.05) is 33.9 Å². The number of aliphatic hydroxyl groups is 1. The molecule has 2 aromatic carbocycles. The van der Waals surface area contributed by atoms with Gasteiger partial charge in [-0.05, 0) is 48.7 Å². The number of nitrogens with zero attached hydrogens (tertiary/aromatic N) is 1. The zero-order chi connectivity index (χ0) is 20.4. The molecule has 1 atom stereocenters. The van der Waals surface area contributed by atoms with Crippen LogP contribution in [0, 0.1) is 0 Å². The first kappa shape index (κ1) is 25.3. The van der Waals surface area contributed by atoms with Gasteiger partial charge in [0.2, 0.25) is 0 Å². The predicted octanol–water partition coefficient (Wildman–Crippen LogP) is 3.81. The highest BCUT2D eigenvalue weighted by Gasteiger charge is 2.11. The monoisotopic (exact) mass is 533 g/mol. The molecular weight excluding hydrogens is 505 g/mol. The van der Waals surface area contributed by atoms with Gasteiger partial charge in [-0.3, -0.25) is 4.99 Å². The third-order valence-electron chi connectivity index (χ3n) is 4.12. The highest BCUT2D eigenvalue weighted by molar-refractivity contribution is 14.0. The van der Waals surface area contributed by atoms with E-state index in [1.165, 1.54) is 0 Å². The second kappa shape index (κ2) is 13.5. The van der Waals surface area contributed by atoms with Gasteiger partial charge in [-0.25, -0.2) is 0 Å². The molecule has 0 bridgehead atoms. The number of methoxy groups -OCH3 is 2. The lowest BCUT2D eigenvalue weighted by Crippen LogP contribution is -2.38. The van der Waals surface area contributed by atoms with Gasteiger partial charge in [0.05, 0.1) is 26.9 Å². The molecule has 0 aliphatic carbocycles. The van der Waals surface area contributed by atoms with Crippen LogP contribution in [0.1, 0.15) is 24.2 Å². The SMILES string of the molecule is CCNC(=NCC(O)c1cc(OC)cc(OC)c1)NCCc1cccc(Cl)c1.I. The Morgan fingerprint density at radius 2 is 1.79 bits per heavy atom. The Balaban J connectivity index is 0.00000420. The van der Waals surface area contributed by atoms with Crippen molar-refractivity contribution < 1.29 is 14.6 Å². The molecule has 0 aliphatic rings. The van der Waals surface area contributed by atoms with E-state index in [9.17, 15) is 5.11 Å². The number of hydrogen-bond acceptors (Lipinski definition) is 4. The van der Waals surface area contributed by atoms with Gasteiger partial charge in [0.15, 0.2) is 5.96 Å². The summed E-state index contributed by atoms with van der Waals surface area (Å²) >= 11 is 6.02. The van der Waals surface area contributed by atoms with Crippen LogP contribution in [0.5, 0.6) is 11.5 Å². The van der Waals surface area contributed by atoms with Gasteiger partial charge in [0.1, 0.15) is 11.5 Å². The fourth-order valence-electron chi connectivity index (χ4n) is 2.66. The first-order valence-corrected chi connectivity index (χ1v) is 9.61. The Labute approximate surface area is 194 Å². The van der Waals surface area contributed by atoms with Crippen molar-refractivity contribution in [2.45, 2.75) is 19.4 Å². The zero-order valence-electron chi connectivity index (χ0n) is 16.9. The summed E-state index contributed by atoms with van der Waals surface area (Å²) in [5.74, 6) is 1.91. The van der Waals surface area contributed by atoms with Crippen LogP contribution in [0.3, 0.4) is 0 Å². The van der Waals surface area contributed by atoms with Crippen molar-refractivity contribution in [3.63, 3.8) is 0 Å². The minimum Gasteiger partial charge on any atom is -0.497 e. The molecule has 0 radical (unpaired) electrons. The van der Waals surface area contributed by atoms with Crippen LogP contribution in [0.2, 0.25) is 5.02 Å². The summed E-state index contributed by atoms with van der Waals surface area (Å²) in [6.45, 7) is 3.64. The fraction of sp³-hybridized carbons (Fsp3) is 0.381. The molecule has 8 heteroatoms. The second-order valence-corrected chi connectivity index (χ2v) is 6.62. The summed E-state index contributed by atoms with van der Waals surface area (Å²) in [5, 5.41) is 17.7. The topological polar surface area (TPSA) is 75.1 Å². The van der Waals surface area contributed by atoms with Crippen LogP contribution in [-0.2, 0) is 6.42 Å². The zero-order valence-corrected chi connectivity index (χ0v) is 20.0. The number of aliphatic imine (C=N–C) groups is 1. The average Bonchev–Trinajstić information content (AvgIpc) is 2.71. The van der Waals surface area contributed by atoms with Crippen LogP contribution in [0.15, 0.2) is 47.5 Å². The highest BCUT2D eigenvalue weighted by atomic mass is 127. The molecule has 0 heterocycles. The number of rotatable bonds is 9. The van der Waals surface area contributed by atoms with E-state index >= 15 is 0 Å². The van der Waals surface area contributed by atoms with E-state index in [2.05, 4.69) is 15.6 Å². The minimum atomic E-state index is -0.771. The number of halogens is 2. The van der Waals surface area contributed by atoms with Crippen LogP contribution >= 0.6 is 35.6 Å². The van der Waals surface area contributed by atoms with Crippen molar-refractivity contribution in [3.8, 4) is 11.5 Å². The van der Waals surface area contributed by atoms with Crippen LogP contribution in [0.25, 0.3) is 0 Å². The second-order valence-electron chi connectivity index (χ2n) is 6.19. The molecule has 0 amide bonds. The van der Waals surface area contributed by atoms with Crippen LogP contribution in [-0.4, -0.2) is 44.9 Å². The van der Waals surface area contributed by atoms with Crippen molar-refractivity contribution in [3.05, 3.63) is 58.6 Å². The summed E-state index contributed by atoms with van der Waals surface area (Å²) in [5.41, 5.74) is 1.84. The van der Waals surface area contributed by atoms with Crippen LogP contribution in [0.4, 0.5) is 0 Å².